The van der Waals surface area contributed by atoms with Crippen LogP contribution in [-0.2, 0) is 13.1 Å². The summed E-state index contributed by atoms with van der Waals surface area (Å²) in [7, 11) is 1.77. The fourth-order valence-corrected chi connectivity index (χ4v) is 3.88. The summed E-state index contributed by atoms with van der Waals surface area (Å²) in [5, 5.41) is 16.3. The van der Waals surface area contributed by atoms with Crippen molar-refractivity contribution in [3.05, 3.63) is 59.7 Å². The van der Waals surface area contributed by atoms with Gasteiger partial charge in [0.2, 0.25) is 0 Å². The van der Waals surface area contributed by atoms with E-state index in [-0.39, 0.29) is 36.2 Å². The first-order valence-electron chi connectivity index (χ1n) is 11.0. The van der Waals surface area contributed by atoms with Crippen LogP contribution < -0.4 is 20.1 Å². The van der Waals surface area contributed by atoms with Crippen molar-refractivity contribution in [2.45, 2.75) is 38.1 Å². The van der Waals surface area contributed by atoms with Gasteiger partial charge >= 0.3 is 0 Å². The number of halogens is 1. The van der Waals surface area contributed by atoms with Gasteiger partial charge in [0.15, 0.2) is 17.5 Å². The van der Waals surface area contributed by atoms with Gasteiger partial charge in [-0.15, -0.1) is 24.0 Å². The molecule has 3 N–H and O–H groups in total. The average Bonchev–Trinajstić information content (AvgIpc) is 2.81. The van der Waals surface area contributed by atoms with Gasteiger partial charge in [-0.2, -0.15) is 0 Å². The maximum atomic E-state index is 9.64. The Bertz CT molecular complexity index is 870. The first-order valence-corrected chi connectivity index (χ1v) is 11.0. The molecule has 1 atom stereocenters. The van der Waals surface area contributed by atoms with E-state index in [0.717, 1.165) is 49.9 Å². The fraction of sp³-hybridized carbons (Fsp3) is 0.458. The number of aliphatic hydroxyl groups excluding tert-OH is 1. The molecule has 2 aliphatic heterocycles. The standard InChI is InChI=1S/C24H32N4O3.HI/c1-25-24(27-15-21-17-30-22-4-2-3-5-23(22)31-21)26-14-18-6-8-19(9-7-18)16-28-12-10-20(29)11-13-28;/h2-9,20-21,29H,10-17H2,1H3,(H2,25,26,27);1H. The Hall–Kier alpha value is -2.04. The maximum absolute atomic E-state index is 9.64. The average molecular weight is 552 g/mol. The molecule has 0 aliphatic carbocycles. The first kappa shape index (κ1) is 24.6. The zero-order valence-electron chi connectivity index (χ0n) is 18.5. The van der Waals surface area contributed by atoms with Crippen molar-refractivity contribution in [2.75, 3.05) is 33.3 Å². The number of hydrogen-bond acceptors (Lipinski definition) is 5. The van der Waals surface area contributed by atoms with Gasteiger partial charge in [-0.25, -0.2) is 0 Å². The van der Waals surface area contributed by atoms with E-state index in [2.05, 4.69) is 44.8 Å². The molecule has 0 aromatic heterocycles. The molecule has 2 aromatic carbocycles. The van der Waals surface area contributed by atoms with Crippen molar-refractivity contribution in [1.82, 2.24) is 15.5 Å². The summed E-state index contributed by atoms with van der Waals surface area (Å²) >= 11 is 0. The van der Waals surface area contributed by atoms with Gasteiger partial charge in [-0.3, -0.25) is 9.89 Å². The van der Waals surface area contributed by atoms with E-state index in [1.807, 2.05) is 24.3 Å². The van der Waals surface area contributed by atoms with Crippen LogP contribution in [0.1, 0.15) is 24.0 Å². The zero-order chi connectivity index (χ0) is 21.5. The van der Waals surface area contributed by atoms with Gasteiger partial charge in [-0.1, -0.05) is 36.4 Å². The molecule has 1 saturated heterocycles. The molecule has 7 nitrogen and oxygen atoms in total. The van der Waals surface area contributed by atoms with E-state index in [4.69, 9.17) is 9.47 Å². The quantitative estimate of drug-likeness (QED) is 0.291. The highest BCUT2D eigenvalue weighted by Crippen LogP contribution is 2.30. The summed E-state index contributed by atoms with van der Waals surface area (Å²) in [5.74, 6) is 2.31. The van der Waals surface area contributed by atoms with E-state index >= 15 is 0 Å². The number of benzene rings is 2. The SMILES string of the molecule is CN=C(NCc1ccc(CN2CCC(O)CC2)cc1)NCC1COc2ccccc2O1.I. The van der Waals surface area contributed by atoms with Crippen LogP contribution >= 0.6 is 24.0 Å². The van der Waals surface area contributed by atoms with Crippen LogP contribution in [0.4, 0.5) is 0 Å². The van der Waals surface area contributed by atoms with Crippen LogP contribution in [0.2, 0.25) is 0 Å². The number of aliphatic imine (C=N–C) groups is 1. The molecule has 2 heterocycles. The number of para-hydroxylation sites is 2. The fourth-order valence-electron chi connectivity index (χ4n) is 3.88. The van der Waals surface area contributed by atoms with Crippen LogP contribution in [0.5, 0.6) is 11.5 Å². The monoisotopic (exact) mass is 552 g/mol. The number of aliphatic hydroxyl groups is 1. The maximum Gasteiger partial charge on any atom is 0.191 e. The van der Waals surface area contributed by atoms with Crippen LogP contribution in [0, 0.1) is 0 Å². The van der Waals surface area contributed by atoms with E-state index in [0.29, 0.717) is 19.7 Å². The van der Waals surface area contributed by atoms with Crippen molar-refractivity contribution in [2.24, 2.45) is 4.99 Å². The second-order valence-electron chi connectivity index (χ2n) is 8.13. The largest absolute Gasteiger partial charge is 0.486 e. The minimum Gasteiger partial charge on any atom is -0.486 e. The topological polar surface area (TPSA) is 78.4 Å². The smallest absolute Gasteiger partial charge is 0.191 e. The molecule has 174 valence electrons. The molecule has 0 saturated carbocycles. The molecular weight excluding hydrogens is 519 g/mol. The van der Waals surface area contributed by atoms with Crippen LogP contribution in [0.15, 0.2) is 53.5 Å². The lowest BCUT2D eigenvalue weighted by Gasteiger charge is -2.29. The Morgan fingerprint density at radius 2 is 1.72 bits per heavy atom. The van der Waals surface area contributed by atoms with E-state index in [9.17, 15) is 5.11 Å². The van der Waals surface area contributed by atoms with Crippen molar-refractivity contribution >= 4 is 29.9 Å². The number of nitrogens with one attached hydrogen (secondary N) is 2. The van der Waals surface area contributed by atoms with Crippen molar-refractivity contribution in [3.63, 3.8) is 0 Å². The number of ether oxygens (including phenoxy) is 2. The Morgan fingerprint density at radius 3 is 2.44 bits per heavy atom. The molecular formula is C24H33IN4O3. The predicted molar refractivity (Wildman–Crippen MR) is 137 cm³/mol. The molecule has 0 spiro atoms. The van der Waals surface area contributed by atoms with Crippen molar-refractivity contribution < 1.29 is 14.6 Å². The molecule has 0 bridgehead atoms. The molecule has 1 fully saturated rings. The number of hydrogen-bond donors (Lipinski definition) is 3. The Labute approximate surface area is 207 Å². The van der Waals surface area contributed by atoms with Gasteiger partial charge in [-0.05, 0) is 36.1 Å². The zero-order valence-corrected chi connectivity index (χ0v) is 20.8. The first-order chi connectivity index (χ1) is 15.2. The summed E-state index contributed by atoms with van der Waals surface area (Å²) in [6.45, 7) is 4.69. The van der Waals surface area contributed by atoms with Gasteiger partial charge < -0.3 is 25.2 Å². The molecule has 8 heteroatoms. The third-order valence-corrected chi connectivity index (χ3v) is 5.73. The number of piperidine rings is 1. The molecule has 4 rings (SSSR count). The summed E-state index contributed by atoms with van der Waals surface area (Å²) < 4.78 is 11.7. The highest BCUT2D eigenvalue weighted by atomic mass is 127. The number of likely N-dealkylation sites (tertiary alicyclic amines) is 1. The number of rotatable bonds is 6. The van der Waals surface area contributed by atoms with Gasteiger partial charge in [0.05, 0.1) is 12.6 Å². The molecule has 0 radical (unpaired) electrons. The Balaban J connectivity index is 0.00000289. The van der Waals surface area contributed by atoms with Gasteiger partial charge in [0.1, 0.15) is 12.7 Å². The van der Waals surface area contributed by atoms with E-state index in [1.165, 1.54) is 11.1 Å². The lowest BCUT2D eigenvalue weighted by atomic mass is 10.1. The second-order valence-corrected chi connectivity index (χ2v) is 8.13. The minimum absolute atomic E-state index is 0. The molecule has 0 amide bonds. The van der Waals surface area contributed by atoms with Gasteiger partial charge in [0.25, 0.3) is 0 Å². The summed E-state index contributed by atoms with van der Waals surface area (Å²) in [5.41, 5.74) is 2.50. The lowest BCUT2D eigenvalue weighted by molar-refractivity contribution is 0.0792. The molecule has 1 unspecified atom stereocenters. The van der Waals surface area contributed by atoms with Crippen molar-refractivity contribution in [1.29, 1.82) is 0 Å². The summed E-state index contributed by atoms with van der Waals surface area (Å²) in [4.78, 5) is 6.71. The lowest BCUT2D eigenvalue weighted by Crippen LogP contribution is -2.45. The Morgan fingerprint density at radius 1 is 1.03 bits per heavy atom. The molecule has 32 heavy (non-hydrogen) atoms. The van der Waals surface area contributed by atoms with E-state index in [1.54, 1.807) is 7.05 Å². The highest BCUT2D eigenvalue weighted by molar-refractivity contribution is 14.0. The van der Waals surface area contributed by atoms with Crippen LogP contribution in [0.25, 0.3) is 0 Å². The third kappa shape index (κ3) is 6.98. The second kappa shape index (κ2) is 12.3. The Kier molecular flexibility index (Phi) is 9.43. The van der Waals surface area contributed by atoms with Crippen LogP contribution in [0.3, 0.4) is 0 Å². The number of nitrogens with zero attached hydrogens (tertiary/aromatic N) is 2. The van der Waals surface area contributed by atoms with Gasteiger partial charge in [0, 0.05) is 33.2 Å². The predicted octanol–water partition coefficient (Wildman–Crippen LogP) is 2.77. The molecule has 2 aliphatic rings. The summed E-state index contributed by atoms with van der Waals surface area (Å²) in [6.07, 6.45) is 1.56. The third-order valence-electron chi connectivity index (χ3n) is 5.73. The number of fused-ring (bicyclic) bond motifs is 1. The summed E-state index contributed by atoms with van der Waals surface area (Å²) in [6, 6.07) is 16.4. The normalized spacial score (nSPS) is 19.2. The van der Waals surface area contributed by atoms with Crippen molar-refractivity contribution in [3.8, 4) is 11.5 Å². The van der Waals surface area contributed by atoms with E-state index < -0.39 is 0 Å². The molecule has 2 aromatic rings. The van der Waals surface area contributed by atoms with Crippen LogP contribution in [-0.4, -0.2) is 61.5 Å². The minimum atomic E-state index is -0.124. The number of guanidine groups is 1. The highest BCUT2D eigenvalue weighted by Gasteiger charge is 2.20.